The summed E-state index contributed by atoms with van der Waals surface area (Å²) in [6, 6.07) is 11.7. The van der Waals surface area contributed by atoms with E-state index in [4.69, 9.17) is 19.2 Å². The summed E-state index contributed by atoms with van der Waals surface area (Å²) in [5.74, 6) is 2.98. The number of methoxy groups -OCH3 is 1. The van der Waals surface area contributed by atoms with E-state index in [1.165, 1.54) is 0 Å². The molecule has 0 bridgehead atoms. The fourth-order valence-corrected chi connectivity index (χ4v) is 3.98. The number of nitrogens with one attached hydrogen (secondary N) is 1. The lowest BCUT2D eigenvalue weighted by molar-refractivity contribution is 0.104. The van der Waals surface area contributed by atoms with Crippen molar-refractivity contribution in [3.63, 3.8) is 0 Å². The van der Waals surface area contributed by atoms with Crippen molar-refractivity contribution < 1.29 is 14.2 Å². The molecule has 0 aliphatic carbocycles. The number of imidazole rings is 1. The predicted octanol–water partition coefficient (Wildman–Crippen LogP) is 4.93. The number of benzene rings is 1. The summed E-state index contributed by atoms with van der Waals surface area (Å²) in [6.07, 6.45) is 3.73. The van der Waals surface area contributed by atoms with Gasteiger partial charge in [-0.05, 0) is 56.2 Å². The third kappa shape index (κ3) is 3.32. The van der Waals surface area contributed by atoms with Crippen molar-refractivity contribution in [2.24, 2.45) is 0 Å². The summed E-state index contributed by atoms with van der Waals surface area (Å²) in [7, 11) is 1.66. The minimum Gasteiger partial charge on any atom is -0.486 e. The lowest BCUT2D eigenvalue weighted by atomic mass is 10.0. The highest BCUT2D eigenvalue weighted by Crippen LogP contribution is 2.39. The molecule has 0 saturated carbocycles. The maximum absolute atomic E-state index is 5.96. The molecular formula is C24H24N4O3. The number of hydrogen-bond donors (Lipinski definition) is 1. The maximum atomic E-state index is 5.96. The molecule has 1 aliphatic rings. The average Bonchev–Trinajstić information content (AvgIpc) is 3.11. The van der Waals surface area contributed by atoms with E-state index in [1.54, 1.807) is 7.11 Å². The molecule has 4 aromatic rings. The molecule has 31 heavy (non-hydrogen) atoms. The highest BCUT2D eigenvalue weighted by molar-refractivity contribution is 5.83. The minimum atomic E-state index is 0.0105. The first-order valence-corrected chi connectivity index (χ1v) is 10.2. The molecule has 0 saturated heterocycles. The SMILES string of the molecule is COc1cccc2nc(-c3c(C)cncc3C)c(Nc3ccc4c(c3)OC(C)CO4)n12. The Morgan fingerprint density at radius 1 is 1.10 bits per heavy atom. The number of pyridine rings is 2. The summed E-state index contributed by atoms with van der Waals surface area (Å²) in [4.78, 5) is 9.26. The van der Waals surface area contributed by atoms with E-state index in [0.717, 1.165) is 51.0 Å². The molecule has 158 valence electrons. The second kappa shape index (κ2) is 7.50. The number of fused-ring (bicyclic) bond motifs is 2. The van der Waals surface area contributed by atoms with Crippen LogP contribution in [-0.4, -0.2) is 34.2 Å². The van der Waals surface area contributed by atoms with Crippen LogP contribution in [0.4, 0.5) is 11.5 Å². The van der Waals surface area contributed by atoms with E-state index < -0.39 is 0 Å². The Balaban J connectivity index is 1.69. The molecule has 0 amide bonds. The molecule has 0 radical (unpaired) electrons. The summed E-state index contributed by atoms with van der Waals surface area (Å²) in [5, 5.41) is 3.55. The highest BCUT2D eigenvalue weighted by Gasteiger charge is 2.22. The Labute approximate surface area is 180 Å². The number of aryl methyl sites for hydroxylation is 2. The number of hydrogen-bond acceptors (Lipinski definition) is 6. The summed E-state index contributed by atoms with van der Waals surface area (Å²) < 4.78 is 19.3. The van der Waals surface area contributed by atoms with Crippen molar-refractivity contribution in [1.29, 1.82) is 0 Å². The van der Waals surface area contributed by atoms with Crippen LogP contribution < -0.4 is 19.5 Å². The van der Waals surface area contributed by atoms with Crippen LogP contribution in [0.3, 0.4) is 0 Å². The topological polar surface area (TPSA) is 69.9 Å². The fraction of sp³-hybridized carbons (Fsp3) is 0.250. The molecule has 1 aromatic carbocycles. The molecule has 4 heterocycles. The lowest BCUT2D eigenvalue weighted by Gasteiger charge is -2.24. The Bertz CT molecular complexity index is 1260. The van der Waals surface area contributed by atoms with Gasteiger partial charge in [-0.2, -0.15) is 0 Å². The fourth-order valence-electron chi connectivity index (χ4n) is 3.98. The molecule has 1 unspecified atom stereocenters. The zero-order chi connectivity index (χ0) is 21.5. The van der Waals surface area contributed by atoms with E-state index in [-0.39, 0.29) is 6.10 Å². The Morgan fingerprint density at radius 3 is 2.68 bits per heavy atom. The normalized spacial score (nSPS) is 15.2. The van der Waals surface area contributed by atoms with Crippen LogP contribution in [0.15, 0.2) is 48.8 Å². The van der Waals surface area contributed by atoms with Gasteiger partial charge in [0.1, 0.15) is 29.9 Å². The molecule has 1 aliphatic heterocycles. The van der Waals surface area contributed by atoms with Gasteiger partial charge in [0, 0.05) is 29.7 Å². The monoisotopic (exact) mass is 416 g/mol. The number of ether oxygens (including phenoxy) is 3. The summed E-state index contributed by atoms with van der Waals surface area (Å²) in [5.41, 5.74) is 5.66. The van der Waals surface area contributed by atoms with Gasteiger partial charge < -0.3 is 19.5 Å². The largest absolute Gasteiger partial charge is 0.486 e. The van der Waals surface area contributed by atoms with Crippen LogP contribution >= 0.6 is 0 Å². The minimum absolute atomic E-state index is 0.0105. The first-order chi connectivity index (χ1) is 15.0. The van der Waals surface area contributed by atoms with Gasteiger partial charge in [0.2, 0.25) is 5.88 Å². The van der Waals surface area contributed by atoms with E-state index in [1.807, 2.05) is 74.0 Å². The van der Waals surface area contributed by atoms with Crippen LogP contribution in [0.5, 0.6) is 17.4 Å². The molecule has 5 rings (SSSR count). The summed E-state index contributed by atoms with van der Waals surface area (Å²) in [6.45, 7) is 6.64. The number of rotatable bonds is 4. The highest BCUT2D eigenvalue weighted by atomic mass is 16.6. The van der Waals surface area contributed by atoms with Crippen LogP contribution in [0, 0.1) is 13.8 Å². The molecule has 0 fully saturated rings. The van der Waals surface area contributed by atoms with Gasteiger partial charge in [-0.25, -0.2) is 9.38 Å². The third-order valence-corrected chi connectivity index (χ3v) is 5.39. The van der Waals surface area contributed by atoms with Gasteiger partial charge in [-0.3, -0.25) is 4.98 Å². The third-order valence-electron chi connectivity index (χ3n) is 5.39. The van der Waals surface area contributed by atoms with Gasteiger partial charge in [0.25, 0.3) is 0 Å². The quantitative estimate of drug-likeness (QED) is 0.509. The van der Waals surface area contributed by atoms with Crippen molar-refractivity contribution in [1.82, 2.24) is 14.4 Å². The van der Waals surface area contributed by atoms with E-state index in [0.29, 0.717) is 12.5 Å². The second-order valence-corrected chi connectivity index (χ2v) is 7.75. The molecular weight excluding hydrogens is 392 g/mol. The number of anilines is 2. The first-order valence-electron chi connectivity index (χ1n) is 10.2. The van der Waals surface area contributed by atoms with Gasteiger partial charge in [-0.1, -0.05) is 6.07 Å². The van der Waals surface area contributed by atoms with Gasteiger partial charge in [0.05, 0.1) is 7.11 Å². The van der Waals surface area contributed by atoms with E-state index in [2.05, 4.69) is 10.3 Å². The Kier molecular flexibility index (Phi) is 4.66. The number of aromatic nitrogens is 3. The van der Waals surface area contributed by atoms with Crippen LogP contribution in [0.1, 0.15) is 18.1 Å². The van der Waals surface area contributed by atoms with Crippen molar-refractivity contribution in [2.45, 2.75) is 26.9 Å². The molecule has 7 nitrogen and oxygen atoms in total. The zero-order valence-corrected chi connectivity index (χ0v) is 18.0. The molecule has 1 atom stereocenters. The first kappa shape index (κ1) is 19.2. The van der Waals surface area contributed by atoms with Crippen molar-refractivity contribution >= 4 is 17.2 Å². The molecule has 0 spiro atoms. The lowest BCUT2D eigenvalue weighted by Crippen LogP contribution is -2.25. The van der Waals surface area contributed by atoms with E-state index in [9.17, 15) is 0 Å². The van der Waals surface area contributed by atoms with E-state index >= 15 is 0 Å². The van der Waals surface area contributed by atoms with Gasteiger partial charge in [-0.15, -0.1) is 0 Å². The zero-order valence-electron chi connectivity index (χ0n) is 18.0. The standard InChI is InChI=1S/C24H24N4O3/c1-14-11-25-12-15(2)22(14)23-24(28-20(27-23)6-5-7-21(28)29-4)26-17-8-9-18-19(10-17)31-16(3)13-30-18/h5-12,16,26H,13H2,1-4H3. The Morgan fingerprint density at radius 2 is 1.90 bits per heavy atom. The van der Waals surface area contributed by atoms with Gasteiger partial charge >= 0.3 is 0 Å². The van der Waals surface area contributed by atoms with Crippen LogP contribution in [0.25, 0.3) is 16.9 Å². The summed E-state index contributed by atoms with van der Waals surface area (Å²) >= 11 is 0. The predicted molar refractivity (Wildman–Crippen MR) is 120 cm³/mol. The van der Waals surface area contributed by atoms with Crippen molar-refractivity contribution in [3.8, 4) is 28.6 Å². The molecule has 7 heteroatoms. The smallest absolute Gasteiger partial charge is 0.200 e. The van der Waals surface area contributed by atoms with Crippen molar-refractivity contribution in [3.05, 3.63) is 59.9 Å². The maximum Gasteiger partial charge on any atom is 0.200 e. The van der Waals surface area contributed by atoms with Crippen LogP contribution in [0.2, 0.25) is 0 Å². The molecule has 3 aromatic heterocycles. The Hall–Kier alpha value is -3.74. The van der Waals surface area contributed by atoms with Gasteiger partial charge in [0.15, 0.2) is 11.5 Å². The van der Waals surface area contributed by atoms with Crippen molar-refractivity contribution in [2.75, 3.05) is 19.0 Å². The van der Waals surface area contributed by atoms with Crippen LogP contribution in [-0.2, 0) is 0 Å². The average molecular weight is 416 g/mol. The number of nitrogens with zero attached hydrogens (tertiary/aromatic N) is 3. The molecule has 1 N–H and O–H groups in total. The second-order valence-electron chi connectivity index (χ2n) is 7.75.